The number of alkyl halides is 1. The van der Waals surface area contributed by atoms with Crippen LogP contribution in [-0.2, 0) is 13.0 Å². The van der Waals surface area contributed by atoms with Crippen molar-refractivity contribution in [2.75, 3.05) is 11.2 Å². The molecule has 2 aromatic rings. The van der Waals surface area contributed by atoms with Gasteiger partial charge < -0.3 is 9.73 Å². The standard InChI is InChI=1S/C12H14ClN3O/c1-9-2-4-10(5-3-9)8-14-12-16-15-11(17-12)6-7-13/h2-5H,6-8H2,1H3,(H,14,16). The van der Waals surface area contributed by atoms with E-state index in [1.165, 1.54) is 11.1 Å². The monoisotopic (exact) mass is 251 g/mol. The van der Waals surface area contributed by atoms with E-state index in [4.69, 9.17) is 16.0 Å². The summed E-state index contributed by atoms with van der Waals surface area (Å²) >= 11 is 5.58. The topological polar surface area (TPSA) is 51.0 Å². The summed E-state index contributed by atoms with van der Waals surface area (Å²) < 4.78 is 5.35. The molecule has 5 heteroatoms. The van der Waals surface area contributed by atoms with Crippen LogP contribution in [0.5, 0.6) is 0 Å². The van der Waals surface area contributed by atoms with Gasteiger partial charge in [0.1, 0.15) is 0 Å². The molecule has 0 bridgehead atoms. The minimum Gasteiger partial charge on any atom is -0.408 e. The van der Waals surface area contributed by atoms with Crippen LogP contribution in [0.4, 0.5) is 6.01 Å². The molecule has 0 saturated heterocycles. The second kappa shape index (κ2) is 5.68. The smallest absolute Gasteiger partial charge is 0.315 e. The molecule has 4 nitrogen and oxygen atoms in total. The van der Waals surface area contributed by atoms with Crippen molar-refractivity contribution < 1.29 is 4.42 Å². The van der Waals surface area contributed by atoms with Gasteiger partial charge in [-0.15, -0.1) is 16.7 Å². The Kier molecular flexibility index (Phi) is 3.98. The van der Waals surface area contributed by atoms with Gasteiger partial charge in [0.2, 0.25) is 5.89 Å². The molecular formula is C12H14ClN3O. The number of benzene rings is 1. The first-order chi connectivity index (χ1) is 8.28. The zero-order chi connectivity index (χ0) is 12.1. The molecule has 0 amide bonds. The summed E-state index contributed by atoms with van der Waals surface area (Å²) in [5, 5.41) is 10.8. The number of aryl methyl sites for hydroxylation is 2. The van der Waals surface area contributed by atoms with Crippen LogP contribution in [0.15, 0.2) is 28.7 Å². The molecule has 1 heterocycles. The van der Waals surface area contributed by atoms with Gasteiger partial charge in [-0.05, 0) is 12.5 Å². The fourth-order valence-electron chi connectivity index (χ4n) is 1.39. The number of rotatable bonds is 5. The third-order valence-electron chi connectivity index (χ3n) is 2.34. The lowest BCUT2D eigenvalue weighted by atomic mass is 10.1. The van der Waals surface area contributed by atoms with Crippen LogP contribution in [0.3, 0.4) is 0 Å². The molecule has 1 aromatic heterocycles. The third kappa shape index (κ3) is 3.46. The highest BCUT2D eigenvalue weighted by molar-refractivity contribution is 6.17. The summed E-state index contributed by atoms with van der Waals surface area (Å²) in [7, 11) is 0. The van der Waals surface area contributed by atoms with Crippen LogP contribution in [0.2, 0.25) is 0 Å². The van der Waals surface area contributed by atoms with Crippen molar-refractivity contribution in [3.63, 3.8) is 0 Å². The first-order valence-electron chi connectivity index (χ1n) is 5.45. The average Bonchev–Trinajstić information content (AvgIpc) is 2.77. The summed E-state index contributed by atoms with van der Waals surface area (Å²) in [6.07, 6.45) is 0.598. The molecule has 0 fully saturated rings. The van der Waals surface area contributed by atoms with Gasteiger partial charge in [-0.2, -0.15) is 0 Å². The largest absolute Gasteiger partial charge is 0.408 e. The Morgan fingerprint density at radius 3 is 2.71 bits per heavy atom. The molecule has 2 rings (SSSR count). The second-order valence-electron chi connectivity index (χ2n) is 3.78. The Bertz CT molecular complexity index is 467. The van der Waals surface area contributed by atoms with E-state index in [2.05, 4.69) is 46.7 Å². The molecule has 0 radical (unpaired) electrons. The minimum atomic E-state index is 0.436. The SMILES string of the molecule is Cc1ccc(CNc2nnc(CCCl)o2)cc1. The van der Waals surface area contributed by atoms with E-state index in [-0.39, 0.29) is 0 Å². The van der Waals surface area contributed by atoms with Crippen LogP contribution < -0.4 is 5.32 Å². The van der Waals surface area contributed by atoms with E-state index in [1.807, 2.05) is 0 Å². The predicted molar refractivity (Wildman–Crippen MR) is 67.2 cm³/mol. The van der Waals surface area contributed by atoms with Crippen LogP contribution in [0.25, 0.3) is 0 Å². The first kappa shape index (κ1) is 11.9. The van der Waals surface area contributed by atoms with Gasteiger partial charge in [0.05, 0.1) is 0 Å². The lowest BCUT2D eigenvalue weighted by Gasteiger charge is -2.01. The highest BCUT2D eigenvalue weighted by atomic mass is 35.5. The number of aromatic nitrogens is 2. The molecule has 0 atom stereocenters. The van der Waals surface area contributed by atoms with Gasteiger partial charge in [-0.1, -0.05) is 34.9 Å². The number of nitrogens with zero attached hydrogens (tertiary/aromatic N) is 2. The average molecular weight is 252 g/mol. The van der Waals surface area contributed by atoms with Gasteiger partial charge in [-0.25, -0.2) is 0 Å². The lowest BCUT2D eigenvalue weighted by Crippen LogP contribution is -1.99. The van der Waals surface area contributed by atoms with Crippen molar-refractivity contribution in [2.24, 2.45) is 0 Å². The number of hydrogen-bond donors (Lipinski definition) is 1. The molecule has 0 unspecified atom stereocenters. The maximum atomic E-state index is 5.58. The zero-order valence-electron chi connectivity index (χ0n) is 9.61. The number of halogens is 1. The Hall–Kier alpha value is -1.55. The Balaban J connectivity index is 1.90. The van der Waals surface area contributed by atoms with E-state index in [9.17, 15) is 0 Å². The fourth-order valence-corrected chi connectivity index (χ4v) is 1.55. The Morgan fingerprint density at radius 2 is 2.00 bits per heavy atom. The molecular weight excluding hydrogens is 238 g/mol. The van der Waals surface area contributed by atoms with E-state index in [0.29, 0.717) is 30.8 Å². The van der Waals surface area contributed by atoms with E-state index < -0.39 is 0 Å². The molecule has 0 saturated carbocycles. The predicted octanol–water partition coefficient (Wildman–Crippen LogP) is 2.77. The quantitative estimate of drug-likeness (QED) is 0.831. The fraction of sp³-hybridized carbons (Fsp3) is 0.333. The van der Waals surface area contributed by atoms with Gasteiger partial charge in [0.15, 0.2) is 0 Å². The highest BCUT2D eigenvalue weighted by Gasteiger charge is 2.04. The van der Waals surface area contributed by atoms with Crippen molar-refractivity contribution in [2.45, 2.75) is 19.9 Å². The van der Waals surface area contributed by atoms with Crippen molar-refractivity contribution in [3.8, 4) is 0 Å². The van der Waals surface area contributed by atoms with Crippen molar-refractivity contribution in [1.29, 1.82) is 0 Å². The molecule has 1 aromatic carbocycles. The summed E-state index contributed by atoms with van der Waals surface area (Å²) in [5.74, 6) is 1.05. The molecule has 0 aliphatic rings. The van der Waals surface area contributed by atoms with E-state index in [1.54, 1.807) is 0 Å². The van der Waals surface area contributed by atoms with Crippen LogP contribution in [0.1, 0.15) is 17.0 Å². The molecule has 1 N–H and O–H groups in total. The lowest BCUT2D eigenvalue weighted by molar-refractivity contribution is 0.512. The van der Waals surface area contributed by atoms with Crippen LogP contribution >= 0.6 is 11.6 Å². The Morgan fingerprint density at radius 1 is 1.24 bits per heavy atom. The van der Waals surface area contributed by atoms with Gasteiger partial charge >= 0.3 is 6.01 Å². The minimum absolute atomic E-state index is 0.436. The van der Waals surface area contributed by atoms with Crippen LogP contribution in [0, 0.1) is 6.92 Å². The summed E-state index contributed by atoms with van der Waals surface area (Å²) in [5.41, 5.74) is 2.42. The Labute approximate surface area is 105 Å². The first-order valence-corrected chi connectivity index (χ1v) is 5.99. The van der Waals surface area contributed by atoms with E-state index >= 15 is 0 Å². The molecule has 90 valence electrons. The highest BCUT2D eigenvalue weighted by Crippen LogP contribution is 2.09. The maximum absolute atomic E-state index is 5.58. The maximum Gasteiger partial charge on any atom is 0.315 e. The van der Waals surface area contributed by atoms with Gasteiger partial charge in [0.25, 0.3) is 0 Å². The third-order valence-corrected chi connectivity index (χ3v) is 2.53. The molecule has 17 heavy (non-hydrogen) atoms. The molecule has 0 aliphatic heterocycles. The molecule has 0 aliphatic carbocycles. The van der Waals surface area contributed by atoms with Crippen LogP contribution in [-0.4, -0.2) is 16.1 Å². The summed E-state index contributed by atoms with van der Waals surface area (Å²) in [6, 6.07) is 8.72. The summed E-state index contributed by atoms with van der Waals surface area (Å²) in [6.45, 7) is 2.73. The molecule has 0 spiro atoms. The van der Waals surface area contributed by atoms with Crippen molar-refractivity contribution >= 4 is 17.6 Å². The number of hydrogen-bond acceptors (Lipinski definition) is 4. The van der Waals surface area contributed by atoms with E-state index in [0.717, 1.165) is 0 Å². The van der Waals surface area contributed by atoms with Crippen molar-refractivity contribution in [3.05, 3.63) is 41.3 Å². The summed E-state index contributed by atoms with van der Waals surface area (Å²) in [4.78, 5) is 0. The second-order valence-corrected chi connectivity index (χ2v) is 4.16. The number of nitrogens with one attached hydrogen (secondary N) is 1. The zero-order valence-corrected chi connectivity index (χ0v) is 10.4. The number of anilines is 1. The van der Waals surface area contributed by atoms with Gasteiger partial charge in [0, 0.05) is 18.8 Å². The normalized spacial score (nSPS) is 10.5. The van der Waals surface area contributed by atoms with Gasteiger partial charge in [-0.3, -0.25) is 0 Å². The van der Waals surface area contributed by atoms with Crippen molar-refractivity contribution in [1.82, 2.24) is 10.2 Å².